The maximum absolute atomic E-state index is 12.1. The summed E-state index contributed by atoms with van der Waals surface area (Å²) in [4.78, 5) is 25.3. The third kappa shape index (κ3) is 7.85. The van der Waals surface area contributed by atoms with Gasteiger partial charge in [0.25, 0.3) is 0 Å². The Morgan fingerprint density at radius 2 is 1.56 bits per heavy atom. The van der Waals surface area contributed by atoms with E-state index in [1.54, 1.807) is 0 Å². The number of rotatable bonds is 9. The Labute approximate surface area is 165 Å². The SMILES string of the molecule is Cc1ccc(NC(=O)CSCC(=O)NCc2ccccc2C[NH+](C)C)cc1. The molecule has 27 heavy (non-hydrogen) atoms. The van der Waals surface area contributed by atoms with Crippen molar-refractivity contribution < 1.29 is 14.5 Å². The van der Waals surface area contributed by atoms with E-state index in [2.05, 4.69) is 30.8 Å². The van der Waals surface area contributed by atoms with Gasteiger partial charge in [0.2, 0.25) is 11.8 Å². The Morgan fingerprint density at radius 3 is 2.22 bits per heavy atom. The van der Waals surface area contributed by atoms with Crippen molar-refractivity contribution in [2.75, 3.05) is 30.9 Å². The van der Waals surface area contributed by atoms with Crippen molar-refractivity contribution in [3.8, 4) is 0 Å². The number of nitrogens with one attached hydrogen (secondary N) is 3. The van der Waals surface area contributed by atoms with E-state index in [-0.39, 0.29) is 23.3 Å². The molecule has 2 aromatic rings. The van der Waals surface area contributed by atoms with Crippen LogP contribution in [-0.2, 0) is 22.7 Å². The van der Waals surface area contributed by atoms with Gasteiger partial charge in [-0.3, -0.25) is 9.59 Å². The number of anilines is 1. The fourth-order valence-electron chi connectivity index (χ4n) is 2.60. The van der Waals surface area contributed by atoms with Crippen LogP contribution >= 0.6 is 11.8 Å². The molecule has 5 nitrogen and oxygen atoms in total. The minimum absolute atomic E-state index is 0.0601. The van der Waals surface area contributed by atoms with Gasteiger partial charge in [0.1, 0.15) is 6.54 Å². The van der Waals surface area contributed by atoms with Crippen molar-refractivity contribution in [1.82, 2.24) is 5.32 Å². The second-order valence-corrected chi connectivity index (χ2v) is 7.82. The van der Waals surface area contributed by atoms with E-state index in [0.29, 0.717) is 6.54 Å². The summed E-state index contributed by atoms with van der Waals surface area (Å²) in [6, 6.07) is 15.8. The molecule has 0 aliphatic rings. The van der Waals surface area contributed by atoms with Crippen molar-refractivity contribution in [2.45, 2.75) is 20.0 Å². The number of amides is 2. The zero-order valence-corrected chi connectivity index (χ0v) is 17.0. The highest BCUT2D eigenvalue weighted by Crippen LogP contribution is 2.10. The van der Waals surface area contributed by atoms with Crippen LogP contribution in [0, 0.1) is 6.92 Å². The Balaban J connectivity index is 1.70. The van der Waals surface area contributed by atoms with Gasteiger partial charge in [-0.05, 0) is 24.6 Å². The van der Waals surface area contributed by atoms with E-state index in [9.17, 15) is 9.59 Å². The molecule has 0 radical (unpaired) electrons. The molecule has 3 N–H and O–H groups in total. The lowest BCUT2D eigenvalue weighted by atomic mass is 10.1. The van der Waals surface area contributed by atoms with Crippen LogP contribution in [0.15, 0.2) is 48.5 Å². The van der Waals surface area contributed by atoms with Gasteiger partial charge < -0.3 is 15.5 Å². The van der Waals surface area contributed by atoms with Gasteiger partial charge in [0.05, 0.1) is 25.6 Å². The van der Waals surface area contributed by atoms with Crippen LogP contribution < -0.4 is 15.5 Å². The average Bonchev–Trinajstić information content (AvgIpc) is 2.62. The van der Waals surface area contributed by atoms with Crippen molar-refractivity contribution in [2.24, 2.45) is 0 Å². The normalized spacial score (nSPS) is 10.7. The molecule has 0 saturated heterocycles. The van der Waals surface area contributed by atoms with Crippen LogP contribution in [0.2, 0.25) is 0 Å². The minimum Gasteiger partial charge on any atom is -0.351 e. The van der Waals surface area contributed by atoms with E-state index in [1.165, 1.54) is 22.2 Å². The lowest BCUT2D eigenvalue weighted by Gasteiger charge is -2.13. The van der Waals surface area contributed by atoms with Crippen LogP contribution in [-0.4, -0.2) is 37.4 Å². The van der Waals surface area contributed by atoms with Gasteiger partial charge >= 0.3 is 0 Å². The van der Waals surface area contributed by atoms with E-state index >= 15 is 0 Å². The van der Waals surface area contributed by atoms with E-state index in [0.717, 1.165) is 23.4 Å². The number of thioether (sulfide) groups is 1. The summed E-state index contributed by atoms with van der Waals surface area (Å²) in [5.41, 5.74) is 4.29. The van der Waals surface area contributed by atoms with Gasteiger partial charge in [-0.25, -0.2) is 0 Å². The summed E-state index contributed by atoms with van der Waals surface area (Å²) in [6.45, 7) is 3.43. The highest BCUT2D eigenvalue weighted by molar-refractivity contribution is 8.00. The number of carbonyl (C=O) groups excluding carboxylic acids is 2. The lowest BCUT2D eigenvalue weighted by molar-refractivity contribution is -0.872. The highest BCUT2D eigenvalue weighted by Gasteiger charge is 2.09. The second kappa shape index (κ2) is 10.7. The number of quaternary nitrogens is 1. The van der Waals surface area contributed by atoms with Gasteiger partial charge in [0, 0.05) is 17.8 Å². The fraction of sp³-hybridized carbons (Fsp3) is 0.333. The number of benzene rings is 2. The molecule has 2 rings (SSSR count). The van der Waals surface area contributed by atoms with E-state index in [1.807, 2.05) is 49.4 Å². The number of hydrogen-bond acceptors (Lipinski definition) is 3. The van der Waals surface area contributed by atoms with Gasteiger partial charge in [0.15, 0.2) is 0 Å². The summed E-state index contributed by atoms with van der Waals surface area (Å²) >= 11 is 1.31. The summed E-state index contributed by atoms with van der Waals surface area (Å²) < 4.78 is 0. The summed E-state index contributed by atoms with van der Waals surface area (Å²) in [5, 5.41) is 5.77. The summed E-state index contributed by atoms with van der Waals surface area (Å²) in [7, 11) is 4.21. The standard InChI is InChI=1S/C21H27N3O2S/c1-16-8-10-19(11-9-16)23-21(26)15-27-14-20(25)22-12-17-6-4-5-7-18(17)13-24(2)3/h4-11H,12-15H2,1-3H3,(H,22,25)(H,23,26)/p+1. The molecule has 2 aromatic carbocycles. The molecule has 0 heterocycles. The average molecular weight is 387 g/mol. The zero-order valence-electron chi connectivity index (χ0n) is 16.2. The smallest absolute Gasteiger partial charge is 0.234 e. The molecule has 0 unspecified atom stereocenters. The molecular formula is C21H28N3O2S+. The molecule has 6 heteroatoms. The van der Waals surface area contributed by atoms with Crippen LogP contribution in [0.1, 0.15) is 16.7 Å². The first-order valence-electron chi connectivity index (χ1n) is 9.01. The molecule has 0 spiro atoms. The number of carbonyl (C=O) groups is 2. The Morgan fingerprint density at radius 1 is 0.926 bits per heavy atom. The Kier molecular flexibility index (Phi) is 8.36. The van der Waals surface area contributed by atoms with Crippen molar-refractivity contribution in [3.05, 3.63) is 65.2 Å². The van der Waals surface area contributed by atoms with Crippen molar-refractivity contribution in [3.63, 3.8) is 0 Å². The molecule has 0 aliphatic heterocycles. The first-order chi connectivity index (χ1) is 12.9. The summed E-state index contributed by atoms with van der Waals surface area (Å²) in [6.07, 6.45) is 0. The van der Waals surface area contributed by atoms with Crippen LogP contribution in [0.5, 0.6) is 0 Å². The van der Waals surface area contributed by atoms with E-state index < -0.39 is 0 Å². The third-order valence-corrected chi connectivity index (χ3v) is 4.87. The topological polar surface area (TPSA) is 62.6 Å². The van der Waals surface area contributed by atoms with Crippen LogP contribution in [0.25, 0.3) is 0 Å². The number of hydrogen-bond donors (Lipinski definition) is 3. The predicted octanol–water partition coefficient (Wildman–Crippen LogP) is 1.63. The molecule has 0 aliphatic carbocycles. The van der Waals surface area contributed by atoms with Gasteiger partial charge in [-0.1, -0.05) is 42.0 Å². The fourth-order valence-corrected chi connectivity index (χ4v) is 3.25. The molecule has 144 valence electrons. The molecular weight excluding hydrogens is 358 g/mol. The second-order valence-electron chi connectivity index (χ2n) is 6.84. The predicted molar refractivity (Wildman–Crippen MR) is 112 cm³/mol. The minimum atomic E-state index is -0.101. The zero-order chi connectivity index (χ0) is 19.6. The molecule has 0 aromatic heterocycles. The van der Waals surface area contributed by atoms with Gasteiger partial charge in [-0.15, -0.1) is 11.8 Å². The Bertz CT molecular complexity index is 760. The largest absolute Gasteiger partial charge is 0.351 e. The lowest BCUT2D eigenvalue weighted by Crippen LogP contribution is -3.04. The van der Waals surface area contributed by atoms with Crippen molar-refractivity contribution in [1.29, 1.82) is 0 Å². The molecule has 0 fully saturated rings. The third-order valence-electron chi connectivity index (χ3n) is 3.94. The van der Waals surface area contributed by atoms with E-state index in [4.69, 9.17) is 0 Å². The highest BCUT2D eigenvalue weighted by atomic mass is 32.2. The molecule has 0 atom stereocenters. The molecule has 0 bridgehead atoms. The Hall–Kier alpha value is -2.31. The van der Waals surface area contributed by atoms with Crippen LogP contribution in [0.4, 0.5) is 5.69 Å². The molecule has 2 amide bonds. The monoisotopic (exact) mass is 386 g/mol. The maximum atomic E-state index is 12.1. The quantitative estimate of drug-likeness (QED) is 0.614. The first-order valence-corrected chi connectivity index (χ1v) is 10.2. The van der Waals surface area contributed by atoms with Gasteiger partial charge in [-0.2, -0.15) is 0 Å². The maximum Gasteiger partial charge on any atom is 0.234 e. The molecule has 0 saturated carbocycles. The summed E-state index contributed by atoms with van der Waals surface area (Å²) in [5.74, 6) is 0.357. The first kappa shape index (κ1) is 21.0. The van der Waals surface area contributed by atoms with Crippen LogP contribution in [0.3, 0.4) is 0 Å². The number of aryl methyl sites for hydroxylation is 1. The van der Waals surface area contributed by atoms with Crippen molar-refractivity contribution >= 4 is 29.3 Å².